The SMILES string of the molecule is CCNC(=O)Cn1ncc(NCCN)cc1=O. The second-order valence-electron chi connectivity index (χ2n) is 3.41. The molecule has 17 heavy (non-hydrogen) atoms. The monoisotopic (exact) mass is 239 g/mol. The predicted octanol–water partition coefficient (Wildman–Crippen LogP) is -1.25. The standard InChI is InChI=1S/C10H17N5O2/c1-2-12-9(16)7-15-10(17)5-8(6-14-15)13-4-3-11/h5-6,13H,2-4,7,11H2,1H3,(H,12,16). The van der Waals surface area contributed by atoms with Crippen LogP contribution in [0.4, 0.5) is 5.69 Å². The lowest BCUT2D eigenvalue weighted by Gasteiger charge is -2.07. The number of amides is 1. The van der Waals surface area contributed by atoms with Crippen LogP contribution >= 0.6 is 0 Å². The number of carbonyl (C=O) groups is 1. The van der Waals surface area contributed by atoms with Crippen LogP contribution in [-0.4, -0.2) is 35.3 Å². The summed E-state index contributed by atoms with van der Waals surface area (Å²) >= 11 is 0. The second-order valence-corrected chi connectivity index (χ2v) is 3.41. The highest BCUT2D eigenvalue weighted by atomic mass is 16.2. The van der Waals surface area contributed by atoms with Gasteiger partial charge in [0.2, 0.25) is 5.91 Å². The van der Waals surface area contributed by atoms with Gasteiger partial charge in [-0.3, -0.25) is 9.59 Å². The number of aromatic nitrogens is 2. The molecule has 0 bridgehead atoms. The largest absolute Gasteiger partial charge is 0.382 e. The molecule has 7 heteroatoms. The van der Waals surface area contributed by atoms with E-state index in [1.807, 2.05) is 6.92 Å². The first-order chi connectivity index (χ1) is 8.17. The van der Waals surface area contributed by atoms with E-state index in [2.05, 4.69) is 15.7 Å². The molecule has 7 nitrogen and oxygen atoms in total. The van der Waals surface area contributed by atoms with Crippen molar-refractivity contribution in [1.29, 1.82) is 0 Å². The summed E-state index contributed by atoms with van der Waals surface area (Å²) in [6.07, 6.45) is 1.50. The molecule has 94 valence electrons. The van der Waals surface area contributed by atoms with Crippen molar-refractivity contribution in [2.24, 2.45) is 5.73 Å². The summed E-state index contributed by atoms with van der Waals surface area (Å²) in [4.78, 5) is 22.9. The van der Waals surface area contributed by atoms with Crippen LogP contribution in [-0.2, 0) is 11.3 Å². The average molecular weight is 239 g/mol. The summed E-state index contributed by atoms with van der Waals surface area (Å²) in [5.41, 5.74) is 5.61. The minimum Gasteiger partial charge on any atom is -0.382 e. The van der Waals surface area contributed by atoms with E-state index in [0.29, 0.717) is 25.3 Å². The Bertz CT molecular complexity index is 429. The fraction of sp³-hybridized carbons (Fsp3) is 0.500. The van der Waals surface area contributed by atoms with E-state index in [4.69, 9.17) is 5.73 Å². The number of hydrogen-bond acceptors (Lipinski definition) is 5. The van der Waals surface area contributed by atoms with E-state index in [-0.39, 0.29) is 18.0 Å². The van der Waals surface area contributed by atoms with Crippen molar-refractivity contribution in [3.63, 3.8) is 0 Å². The number of nitrogens with two attached hydrogens (primary N) is 1. The van der Waals surface area contributed by atoms with E-state index in [1.165, 1.54) is 12.3 Å². The Morgan fingerprint density at radius 2 is 2.35 bits per heavy atom. The van der Waals surface area contributed by atoms with Gasteiger partial charge in [-0.15, -0.1) is 0 Å². The first-order valence-electron chi connectivity index (χ1n) is 5.45. The second kappa shape index (κ2) is 6.64. The maximum absolute atomic E-state index is 11.6. The van der Waals surface area contributed by atoms with E-state index in [9.17, 15) is 9.59 Å². The third-order valence-electron chi connectivity index (χ3n) is 2.01. The third-order valence-corrected chi connectivity index (χ3v) is 2.01. The van der Waals surface area contributed by atoms with E-state index in [1.54, 1.807) is 0 Å². The van der Waals surface area contributed by atoms with Gasteiger partial charge in [-0.1, -0.05) is 0 Å². The molecule has 1 amide bonds. The number of nitrogens with one attached hydrogen (secondary N) is 2. The Kier molecular flexibility index (Phi) is 5.15. The molecule has 1 aromatic heterocycles. The van der Waals surface area contributed by atoms with Crippen LogP contribution in [0.15, 0.2) is 17.1 Å². The molecule has 0 radical (unpaired) electrons. The molecule has 1 heterocycles. The Morgan fingerprint density at radius 1 is 1.59 bits per heavy atom. The van der Waals surface area contributed by atoms with E-state index >= 15 is 0 Å². The zero-order valence-corrected chi connectivity index (χ0v) is 9.77. The molecule has 0 saturated carbocycles. The van der Waals surface area contributed by atoms with Gasteiger partial charge in [0.05, 0.1) is 11.9 Å². The van der Waals surface area contributed by atoms with Crippen LogP contribution in [0.25, 0.3) is 0 Å². The first-order valence-corrected chi connectivity index (χ1v) is 5.45. The molecule has 0 fully saturated rings. The molecule has 1 aromatic rings. The van der Waals surface area contributed by atoms with Gasteiger partial charge in [0, 0.05) is 25.7 Å². The quantitative estimate of drug-likeness (QED) is 0.575. The molecular weight excluding hydrogens is 222 g/mol. The molecule has 0 unspecified atom stereocenters. The molecule has 4 N–H and O–H groups in total. The molecule has 0 aliphatic carbocycles. The molecule has 0 saturated heterocycles. The van der Waals surface area contributed by atoms with Gasteiger partial charge in [0.15, 0.2) is 0 Å². The molecule has 1 rings (SSSR count). The van der Waals surface area contributed by atoms with Crippen molar-refractivity contribution < 1.29 is 4.79 Å². The van der Waals surface area contributed by atoms with Gasteiger partial charge >= 0.3 is 0 Å². The Morgan fingerprint density at radius 3 is 2.94 bits per heavy atom. The summed E-state index contributed by atoms with van der Waals surface area (Å²) in [5, 5.41) is 9.43. The number of hydrogen-bond donors (Lipinski definition) is 3. The minimum absolute atomic E-state index is 0.0656. The maximum Gasteiger partial charge on any atom is 0.269 e. The van der Waals surface area contributed by atoms with Crippen LogP contribution in [0.2, 0.25) is 0 Å². The number of nitrogens with zero attached hydrogens (tertiary/aromatic N) is 2. The molecular formula is C10H17N5O2. The topological polar surface area (TPSA) is 102 Å². The summed E-state index contributed by atoms with van der Waals surface area (Å²) in [6, 6.07) is 1.39. The smallest absolute Gasteiger partial charge is 0.269 e. The van der Waals surface area contributed by atoms with Crippen molar-refractivity contribution in [2.75, 3.05) is 25.0 Å². The molecule has 0 aliphatic heterocycles. The highest BCUT2D eigenvalue weighted by Crippen LogP contribution is 1.97. The Hall–Kier alpha value is -1.89. The van der Waals surface area contributed by atoms with Crippen molar-refractivity contribution >= 4 is 11.6 Å². The summed E-state index contributed by atoms with van der Waals surface area (Å²) in [5.74, 6) is -0.232. The zero-order chi connectivity index (χ0) is 12.7. The summed E-state index contributed by atoms with van der Waals surface area (Å²) < 4.78 is 1.11. The molecule has 0 atom stereocenters. The Balaban J connectivity index is 2.69. The van der Waals surface area contributed by atoms with Crippen molar-refractivity contribution in [3.05, 3.63) is 22.6 Å². The number of carbonyl (C=O) groups excluding carboxylic acids is 1. The third kappa shape index (κ3) is 4.23. The lowest BCUT2D eigenvalue weighted by molar-refractivity contribution is -0.121. The predicted molar refractivity (Wildman–Crippen MR) is 64.7 cm³/mol. The number of likely N-dealkylation sites (N-methyl/N-ethyl adjacent to an activating group) is 1. The Labute approximate surface area is 99.0 Å². The van der Waals surface area contributed by atoms with Gasteiger partial charge < -0.3 is 16.4 Å². The minimum atomic E-state index is -0.321. The highest BCUT2D eigenvalue weighted by molar-refractivity contribution is 5.75. The van der Waals surface area contributed by atoms with Crippen LogP contribution in [0.5, 0.6) is 0 Å². The fourth-order valence-electron chi connectivity index (χ4n) is 1.25. The van der Waals surface area contributed by atoms with Crippen molar-refractivity contribution in [3.8, 4) is 0 Å². The normalized spacial score (nSPS) is 10.0. The molecule has 0 aromatic carbocycles. The molecule has 0 spiro atoms. The van der Waals surface area contributed by atoms with Crippen LogP contribution in [0.3, 0.4) is 0 Å². The fourth-order valence-corrected chi connectivity index (χ4v) is 1.25. The zero-order valence-electron chi connectivity index (χ0n) is 9.77. The van der Waals surface area contributed by atoms with Gasteiger partial charge in [0.25, 0.3) is 5.56 Å². The average Bonchev–Trinajstić information content (AvgIpc) is 2.30. The van der Waals surface area contributed by atoms with Crippen molar-refractivity contribution in [2.45, 2.75) is 13.5 Å². The van der Waals surface area contributed by atoms with Gasteiger partial charge in [-0.05, 0) is 6.92 Å². The number of rotatable bonds is 6. The van der Waals surface area contributed by atoms with Crippen molar-refractivity contribution in [1.82, 2.24) is 15.1 Å². The van der Waals surface area contributed by atoms with E-state index < -0.39 is 0 Å². The lowest BCUT2D eigenvalue weighted by Crippen LogP contribution is -2.33. The van der Waals surface area contributed by atoms with Crippen LogP contribution < -0.4 is 21.9 Å². The summed E-state index contributed by atoms with van der Waals surface area (Å²) in [6.45, 7) is 3.32. The molecule has 0 aliphatic rings. The van der Waals surface area contributed by atoms with Gasteiger partial charge in [-0.2, -0.15) is 5.10 Å². The van der Waals surface area contributed by atoms with Gasteiger partial charge in [0.1, 0.15) is 6.54 Å². The summed E-state index contributed by atoms with van der Waals surface area (Å²) in [7, 11) is 0. The maximum atomic E-state index is 11.6. The van der Waals surface area contributed by atoms with Crippen LogP contribution in [0.1, 0.15) is 6.92 Å². The highest BCUT2D eigenvalue weighted by Gasteiger charge is 2.04. The lowest BCUT2D eigenvalue weighted by atomic mass is 10.4. The first kappa shape index (κ1) is 13.2. The van der Waals surface area contributed by atoms with Crippen LogP contribution in [0, 0.1) is 0 Å². The van der Waals surface area contributed by atoms with Gasteiger partial charge in [-0.25, -0.2) is 4.68 Å². The number of anilines is 1. The van der Waals surface area contributed by atoms with E-state index in [0.717, 1.165) is 4.68 Å².